The van der Waals surface area contributed by atoms with Crippen molar-refractivity contribution in [2.45, 2.75) is 38.8 Å². The highest BCUT2D eigenvalue weighted by atomic mass is 32.1. The maximum atomic E-state index is 5.50. The molecule has 0 saturated carbocycles. The number of hydrogen-bond donors (Lipinski definition) is 0. The Morgan fingerprint density at radius 2 is 2.11 bits per heavy atom. The predicted molar refractivity (Wildman–Crippen MR) is 117 cm³/mol. The first-order valence-corrected chi connectivity index (χ1v) is 11.8. The number of anilines is 1. The fourth-order valence-corrected chi connectivity index (χ4v) is 6.31. The summed E-state index contributed by atoms with van der Waals surface area (Å²) in [7, 11) is 2.18. The van der Waals surface area contributed by atoms with Gasteiger partial charge in [0.1, 0.15) is 16.5 Å². The van der Waals surface area contributed by atoms with Crippen LogP contribution in [0, 0.1) is 0 Å². The van der Waals surface area contributed by atoms with Crippen molar-refractivity contribution < 1.29 is 4.74 Å². The second-order valence-corrected chi connectivity index (χ2v) is 9.75. The molecule has 28 heavy (non-hydrogen) atoms. The topological polar surface area (TPSA) is 41.5 Å². The quantitative estimate of drug-likeness (QED) is 0.624. The number of fused-ring (bicyclic) bond motifs is 3. The van der Waals surface area contributed by atoms with E-state index in [0.29, 0.717) is 6.04 Å². The van der Waals surface area contributed by atoms with Gasteiger partial charge in [-0.15, -0.1) is 22.7 Å². The molecule has 5 nitrogen and oxygen atoms in total. The Hall–Kier alpha value is -1.54. The van der Waals surface area contributed by atoms with Gasteiger partial charge in [-0.1, -0.05) is 6.07 Å². The SMILES string of the molecule is CC(c1cccs1)N(C)c1nc(CN2CCOCC2)nc2sc3c(c12)CCC3. The van der Waals surface area contributed by atoms with Crippen molar-refractivity contribution in [1.82, 2.24) is 14.9 Å². The molecule has 2 aliphatic rings. The van der Waals surface area contributed by atoms with Crippen LogP contribution in [0.2, 0.25) is 0 Å². The molecule has 0 aromatic carbocycles. The molecular weight excluding hydrogens is 388 g/mol. The van der Waals surface area contributed by atoms with Crippen molar-refractivity contribution >= 4 is 38.7 Å². The minimum atomic E-state index is 0.297. The molecule has 3 aromatic heterocycles. The molecule has 1 aliphatic heterocycles. The maximum absolute atomic E-state index is 5.50. The Bertz CT molecular complexity index is 963. The summed E-state index contributed by atoms with van der Waals surface area (Å²) in [6, 6.07) is 4.65. The number of ether oxygens (including phenoxy) is 1. The van der Waals surface area contributed by atoms with Gasteiger partial charge in [-0.2, -0.15) is 0 Å². The Balaban J connectivity index is 1.56. The summed E-state index contributed by atoms with van der Waals surface area (Å²) in [5, 5.41) is 3.45. The normalized spacial score (nSPS) is 18.5. The Kier molecular flexibility index (Phi) is 5.09. The third-order valence-corrected chi connectivity index (χ3v) is 8.16. The minimum Gasteiger partial charge on any atom is -0.379 e. The minimum absolute atomic E-state index is 0.297. The first-order valence-electron chi connectivity index (χ1n) is 10.1. The van der Waals surface area contributed by atoms with Crippen LogP contribution in [0.3, 0.4) is 0 Å². The zero-order valence-corrected chi connectivity index (χ0v) is 18.1. The van der Waals surface area contributed by atoms with Crippen LogP contribution in [0.25, 0.3) is 10.2 Å². The van der Waals surface area contributed by atoms with Gasteiger partial charge < -0.3 is 9.64 Å². The van der Waals surface area contributed by atoms with Crippen LogP contribution in [0.5, 0.6) is 0 Å². The van der Waals surface area contributed by atoms with Crippen LogP contribution < -0.4 is 4.90 Å². The van der Waals surface area contributed by atoms with Gasteiger partial charge in [-0.05, 0) is 43.2 Å². The summed E-state index contributed by atoms with van der Waals surface area (Å²) >= 11 is 3.70. The smallest absolute Gasteiger partial charge is 0.146 e. The summed E-state index contributed by atoms with van der Waals surface area (Å²) in [4.78, 5) is 18.9. The number of rotatable bonds is 5. The van der Waals surface area contributed by atoms with Gasteiger partial charge in [0.2, 0.25) is 0 Å². The first-order chi connectivity index (χ1) is 13.7. The maximum Gasteiger partial charge on any atom is 0.146 e. The van der Waals surface area contributed by atoms with Crippen LogP contribution in [0.15, 0.2) is 17.5 Å². The van der Waals surface area contributed by atoms with Crippen molar-refractivity contribution in [3.05, 3.63) is 38.7 Å². The lowest BCUT2D eigenvalue weighted by Gasteiger charge is -2.28. The number of thiophene rings is 2. The number of hydrogen-bond acceptors (Lipinski definition) is 7. The van der Waals surface area contributed by atoms with Gasteiger partial charge in [0.15, 0.2) is 0 Å². The Labute approximate surface area is 174 Å². The van der Waals surface area contributed by atoms with Crippen LogP contribution >= 0.6 is 22.7 Å². The average Bonchev–Trinajstić information content (AvgIpc) is 3.44. The number of morpholine rings is 1. The molecule has 1 fully saturated rings. The highest BCUT2D eigenvalue weighted by molar-refractivity contribution is 7.19. The molecule has 1 unspecified atom stereocenters. The van der Waals surface area contributed by atoms with E-state index in [1.54, 1.807) is 0 Å². The van der Waals surface area contributed by atoms with E-state index in [2.05, 4.69) is 41.3 Å². The number of aromatic nitrogens is 2. The highest BCUT2D eigenvalue weighted by Crippen LogP contribution is 2.42. The largest absolute Gasteiger partial charge is 0.379 e. The molecule has 0 spiro atoms. The van der Waals surface area contributed by atoms with E-state index in [1.165, 1.54) is 38.4 Å². The van der Waals surface area contributed by atoms with Crippen molar-refractivity contribution in [1.29, 1.82) is 0 Å². The van der Waals surface area contributed by atoms with E-state index >= 15 is 0 Å². The third-order valence-electron chi connectivity index (χ3n) is 5.93. The first kappa shape index (κ1) is 18.5. The van der Waals surface area contributed by atoms with E-state index in [1.807, 2.05) is 22.7 Å². The lowest BCUT2D eigenvalue weighted by molar-refractivity contribution is 0.0331. The number of nitrogens with zero attached hydrogens (tertiary/aromatic N) is 4. The number of aryl methyl sites for hydroxylation is 2. The van der Waals surface area contributed by atoms with Gasteiger partial charge in [0, 0.05) is 29.9 Å². The molecule has 148 valence electrons. The average molecular weight is 415 g/mol. The molecule has 0 bridgehead atoms. The van der Waals surface area contributed by atoms with Gasteiger partial charge in [-0.3, -0.25) is 4.90 Å². The second-order valence-electron chi connectivity index (χ2n) is 7.69. The Morgan fingerprint density at radius 1 is 1.25 bits per heavy atom. The fraction of sp³-hybridized carbons (Fsp3) is 0.524. The monoisotopic (exact) mass is 414 g/mol. The van der Waals surface area contributed by atoms with E-state index in [4.69, 9.17) is 14.7 Å². The predicted octanol–water partition coefficient (Wildman–Crippen LogP) is 4.27. The lowest BCUT2D eigenvalue weighted by atomic mass is 10.1. The molecule has 7 heteroatoms. The molecule has 0 N–H and O–H groups in total. The van der Waals surface area contributed by atoms with Crippen molar-refractivity contribution in [2.24, 2.45) is 0 Å². The lowest BCUT2D eigenvalue weighted by Crippen LogP contribution is -2.36. The van der Waals surface area contributed by atoms with Gasteiger partial charge in [-0.25, -0.2) is 9.97 Å². The van der Waals surface area contributed by atoms with Crippen LogP contribution in [-0.4, -0.2) is 48.2 Å². The zero-order valence-electron chi connectivity index (χ0n) is 16.5. The van der Waals surface area contributed by atoms with E-state index in [0.717, 1.165) is 50.9 Å². The highest BCUT2D eigenvalue weighted by Gasteiger charge is 2.26. The van der Waals surface area contributed by atoms with Gasteiger partial charge in [0.25, 0.3) is 0 Å². The van der Waals surface area contributed by atoms with Crippen molar-refractivity contribution in [3.63, 3.8) is 0 Å². The third kappa shape index (κ3) is 3.34. The zero-order chi connectivity index (χ0) is 19.1. The summed E-state index contributed by atoms with van der Waals surface area (Å²) in [5.41, 5.74) is 1.50. The van der Waals surface area contributed by atoms with Gasteiger partial charge >= 0.3 is 0 Å². The van der Waals surface area contributed by atoms with Crippen LogP contribution in [0.4, 0.5) is 5.82 Å². The fourth-order valence-electron chi connectivity index (χ4n) is 4.21. The molecule has 1 aliphatic carbocycles. The summed E-state index contributed by atoms with van der Waals surface area (Å²) in [6.07, 6.45) is 3.62. The van der Waals surface area contributed by atoms with E-state index in [9.17, 15) is 0 Å². The Morgan fingerprint density at radius 3 is 2.89 bits per heavy atom. The van der Waals surface area contributed by atoms with Gasteiger partial charge in [0.05, 0.1) is 31.2 Å². The molecular formula is C21H26N4OS2. The molecule has 0 radical (unpaired) electrons. The van der Waals surface area contributed by atoms with Crippen LogP contribution in [0.1, 0.15) is 40.5 Å². The van der Waals surface area contributed by atoms with Crippen molar-refractivity contribution in [2.75, 3.05) is 38.3 Å². The second kappa shape index (κ2) is 7.71. The molecule has 1 atom stereocenters. The van der Waals surface area contributed by atoms with E-state index in [-0.39, 0.29) is 0 Å². The molecule has 0 amide bonds. The van der Waals surface area contributed by atoms with E-state index < -0.39 is 0 Å². The summed E-state index contributed by atoms with van der Waals surface area (Å²) in [5.74, 6) is 2.04. The van der Waals surface area contributed by atoms with Crippen molar-refractivity contribution in [3.8, 4) is 0 Å². The molecule has 5 rings (SSSR count). The molecule has 3 aromatic rings. The summed E-state index contributed by atoms with van der Waals surface area (Å²) < 4.78 is 5.50. The summed E-state index contributed by atoms with van der Waals surface area (Å²) in [6.45, 7) is 6.59. The molecule has 4 heterocycles. The standard InChI is InChI=1S/C21H26N4OS2/c1-14(16-7-4-12-27-16)24(2)20-19-15-5-3-6-17(15)28-21(19)23-18(22-20)13-25-8-10-26-11-9-25/h4,7,12,14H,3,5-6,8-11,13H2,1-2H3. The van der Waals surface area contributed by atoms with Crippen LogP contribution in [-0.2, 0) is 24.1 Å². The molecule has 1 saturated heterocycles.